The van der Waals surface area contributed by atoms with Crippen LogP contribution in [0.3, 0.4) is 0 Å². The number of hydrogen-bond donors (Lipinski definition) is 2. The molecule has 0 amide bonds. The highest BCUT2D eigenvalue weighted by Crippen LogP contribution is 2.24. The predicted molar refractivity (Wildman–Crippen MR) is 74.1 cm³/mol. The Bertz CT molecular complexity index is 581. The van der Waals surface area contributed by atoms with Gasteiger partial charge in [0.25, 0.3) is 0 Å². The molecule has 5 heteroatoms. The lowest BCUT2D eigenvalue weighted by Crippen LogP contribution is -2.34. The molecular weight excluding hydrogens is 254 g/mol. The number of nitrogens with zero attached hydrogens (tertiary/aromatic N) is 2. The van der Waals surface area contributed by atoms with Crippen molar-refractivity contribution in [2.45, 2.75) is 45.4 Å². The minimum absolute atomic E-state index is 0.0506. The van der Waals surface area contributed by atoms with Crippen LogP contribution in [-0.2, 0) is 26.0 Å². The molecule has 1 aliphatic carbocycles. The first-order chi connectivity index (χ1) is 9.76. The monoisotopic (exact) mass is 273 g/mol. The quantitative estimate of drug-likeness (QED) is 0.883. The number of aromatic nitrogens is 2. The van der Waals surface area contributed by atoms with Crippen molar-refractivity contribution in [3.8, 4) is 0 Å². The van der Waals surface area contributed by atoms with Crippen LogP contribution in [0.25, 0.3) is 0 Å². The summed E-state index contributed by atoms with van der Waals surface area (Å²) in [6.07, 6.45) is 2.76. The van der Waals surface area contributed by atoms with Gasteiger partial charge < -0.3 is 14.9 Å². The maximum atomic E-state index is 9.25. The number of pyridine rings is 1. The van der Waals surface area contributed by atoms with Crippen LogP contribution in [0.15, 0.2) is 22.7 Å². The zero-order valence-electron chi connectivity index (χ0n) is 11.6. The summed E-state index contributed by atoms with van der Waals surface area (Å²) in [5.74, 6) is 0.931. The van der Waals surface area contributed by atoms with E-state index in [2.05, 4.69) is 15.5 Å². The summed E-state index contributed by atoms with van der Waals surface area (Å²) in [5.41, 5.74) is 3.86. The number of rotatable bonds is 4. The van der Waals surface area contributed by atoms with Gasteiger partial charge in [-0.15, -0.1) is 0 Å². The van der Waals surface area contributed by atoms with Crippen LogP contribution in [0.2, 0.25) is 0 Å². The molecule has 0 spiro atoms. The molecule has 0 saturated carbocycles. The maximum absolute atomic E-state index is 9.25. The minimum Gasteiger partial charge on any atom is -0.390 e. The second-order valence-corrected chi connectivity index (χ2v) is 5.28. The highest BCUT2D eigenvalue weighted by Gasteiger charge is 2.25. The normalized spacial score (nSPS) is 18.0. The number of fused-ring (bicyclic) bond motifs is 1. The Morgan fingerprint density at radius 3 is 3.15 bits per heavy atom. The molecule has 0 fully saturated rings. The molecule has 0 aromatic carbocycles. The van der Waals surface area contributed by atoms with Gasteiger partial charge in [-0.3, -0.25) is 4.98 Å². The second-order valence-electron chi connectivity index (χ2n) is 5.28. The Hall–Kier alpha value is -1.72. The van der Waals surface area contributed by atoms with Crippen LogP contribution < -0.4 is 5.32 Å². The summed E-state index contributed by atoms with van der Waals surface area (Å²) in [6, 6.07) is 6.45. The van der Waals surface area contributed by atoms with E-state index in [1.807, 2.05) is 25.1 Å². The molecule has 2 aromatic heterocycles. The van der Waals surface area contributed by atoms with E-state index in [9.17, 15) is 5.11 Å². The summed E-state index contributed by atoms with van der Waals surface area (Å²) >= 11 is 0. The van der Waals surface area contributed by atoms with Crippen LogP contribution in [0, 0.1) is 6.92 Å². The van der Waals surface area contributed by atoms with Crippen LogP contribution in [0.4, 0.5) is 0 Å². The lowest BCUT2D eigenvalue weighted by molar-refractivity contribution is 0.265. The smallest absolute Gasteiger partial charge is 0.140 e. The van der Waals surface area contributed by atoms with E-state index >= 15 is 0 Å². The van der Waals surface area contributed by atoms with Gasteiger partial charge in [0.15, 0.2) is 0 Å². The Kier molecular flexibility index (Phi) is 3.80. The molecule has 2 heterocycles. The van der Waals surface area contributed by atoms with Crippen LogP contribution in [0.1, 0.15) is 34.8 Å². The van der Waals surface area contributed by atoms with Gasteiger partial charge in [0.1, 0.15) is 11.5 Å². The molecule has 0 aliphatic heterocycles. The fourth-order valence-corrected chi connectivity index (χ4v) is 2.71. The third kappa shape index (κ3) is 2.73. The van der Waals surface area contributed by atoms with E-state index < -0.39 is 0 Å². The summed E-state index contributed by atoms with van der Waals surface area (Å²) < 4.78 is 5.25. The highest BCUT2D eigenvalue weighted by atomic mass is 16.5. The standard InChI is InChI=1S/C15H19N3O2/c1-10-3-2-4-12(17-10)8-16-11-5-6-15-13(7-11)14(9-19)18-20-15/h2-4,11,16,19H,5-9H2,1H3. The SMILES string of the molecule is Cc1cccc(CNC2CCc3onc(CO)c3C2)n1. The fraction of sp³-hybridized carbons (Fsp3) is 0.467. The summed E-state index contributed by atoms with van der Waals surface area (Å²) in [6.45, 7) is 2.72. The number of aliphatic hydroxyl groups excluding tert-OH is 1. The fourth-order valence-electron chi connectivity index (χ4n) is 2.71. The number of aliphatic hydroxyl groups is 1. The molecule has 106 valence electrons. The molecule has 0 saturated heterocycles. The van der Waals surface area contributed by atoms with Gasteiger partial charge in [-0.2, -0.15) is 0 Å². The third-order valence-electron chi connectivity index (χ3n) is 3.79. The van der Waals surface area contributed by atoms with Gasteiger partial charge in [0.05, 0.1) is 12.3 Å². The van der Waals surface area contributed by atoms with E-state index in [0.29, 0.717) is 11.7 Å². The molecule has 3 rings (SSSR count). The van der Waals surface area contributed by atoms with Crippen molar-refractivity contribution in [2.24, 2.45) is 0 Å². The van der Waals surface area contributed by atoms with Crippen molar-refractivity contribution in [3.05, 3.63) is 46.6 Å². The van der Waals surface area contributed by atoms with Gasteiger partial charge in [0, 0.05) is 30.3 Å². The Morgan fingerprint density at radius 1 is 1.45 bits per heavy atom. The maximum Gasteiger partial charge on any atom is 0.140 e. The first kappa shape index (κ1) is 13.3. The minimum atomic E-state index is -0.0506. The van der Waals surface area contributed by atoms with Gasteiger partial charge >= 0.3 is 0 Å². The van der Waals surface area contributed by atoms with Crippen molar-refractivity contribution in [1.29, 1.82) is 0 Å². The topological polar surface area (TPSA) is 71.2 Å². The largest absolute Gasteiger partial charge is 0.390 e. The zero-order valence-corrected chi connectivity index (χ0v) is 11.6. The van der Waals surface area contributed by atoms with Gasteiger partial charge in [-0.05, 0) is 31.9 Å². The number of hydrogen-bond acceptors (Lipinski definition) is 5. The predicted octanol–water partition coefficient (Wildman–Crippen LogP) is 1.52. The van der Waals surface area contributed by atoms with Crippen molar-refractivity contribution in [1.82, 2.24) is 15.5 Å². The van der Waals surface area contributed by atoms with E-state index in [4.69, 9.17) is 4.52 Å². The molecule has 2 aromatic rings. The molecule has 2 N–H and O–H groups in total. The van der Waals surface area contributed by atoms with Crippen molar-refractivity contribution in [3.63, 3.8) is 0 Å². The highest BCUT2D eigenvalue weighted by molar-refractivity contribution is 5.26. The Balaban J connectivity index is 1.63. The molecular formula is C15H19N3O2. The third-order valence-corrected chi connectivity index (χ3v) is 3.79. The first-order valence-corrected chi connectivity index (χ1v) is 6.99. The van der Waals surface area contributed by atoms with Crippen molar-refractivity contribution < 1.29 is 9.63 Å². The Labute approximate surface area is 118 Å². The molecule has 20 heavy (non-hydrogen) atoms. The van der Waals surface area contributed by atoms with Crippen molar-refractivity contribution in [2.75, 3.05) is 0 Å². The number of aryl methyl sites for hydroxylation is 2. The van der Waals surface area contributed by atoms with Crippen LogP contribution >= 0.6 is 0 Å². The van der Waals surface area contributed by atoms with Crippen molar-refractivity contribution >= 4 is 0 Å². The van der Waals surface area contributed by atoms with Crippen LogP contribution in [-0.4, -0.2) is 21.3 Å². The average molecular weight is 273 g/mol. The average Bonchev–Trinajstić information content (AvgIpc) is 2.87. The molecule has 0 radical (unpaired) electrons. The van der Waals surface area contributed by atoms with E-state index in [0.717, 1.165) is 48.5 Å². The van der Waals surface area contributed by atoms with Crippen LogP contribution in [0.5, 0.6) is 0 Å². The van der Waals surface area contributed by atoms with E-state index in [1.54, 1.807) is 0 Å². The van der Waals surface area contributed by atoms with Gasteiger partial charge in [-0.1, -0.05) is 11.2 Å². The van der Waals surface area contributed by atoms with Gasteiger partial charge in [-0.25, -0.2) is 0 Å². The summed E-state index contributed by atoms with van der Waals surface area (Å²) in [5, 5.41) is 16.7. The Morgan fingerprint density at radius 2 is 2.35 bits per heavy atom. The summed E-state index contributed by atoms with van der Waals surface area (Å²) in [7, 11) is 0. The molecule has 1 atom stereocenters. The van der Waals surface area contributed by atoms with E-state index in [-0.39, 0.29) is 6.61 Å². The first-order valence-electron chi connectivity index (χ1n) is 6.99. The van der Waals surface area contributed by atoms with E-state index in [1.165, 1.54) is 0 Å². The summed E-state index contributed by atoms with van der Waals surface area (Å²) in [4.78, 5) is 4.49. The lowest BCUT2D eigenvalue weighted by Gasteiger charge is -2.22. The second kappa shape index (κ2) is 5.73. The molecule has 5 nitrogen and oxygen atoms in total. The lowest BCUT2D eigenvalue weighted by atomic mass is 9.92. The van der Waals surface area contributed by atoms with Gasteiger partial charge in [0.2, 0.25) is 0 Å². The molecule has 0 bridgehead atoms. The zero-order chi connectivity index (χ0) is 13.9. The molecule has 1 aliphatic rings. The molecule has 1 unspecified atom stereocenters. The number of nitrogens with one attached hydrogen (secondary N) is 1.